The Morgan fingerprint density at radius 2 is 1.67 bits per heavy atom. The first kappa shape index (κ1) is 9.67. The summed E-state index contributed by atoms with van der Waals surface area (Å²) in [6, 6.07) is 0. The molecule has 0 heterocycles. The summed E-state index contributed by atoms with van der Waals surface area (Å²) in [6.45, 7) is 1.57. The van der Waals surface area contributed by atoms with Gasteiger partial charge in [0.2, 0.25) is 0 Å². The molecule has 41 valence electrons. The molecule has 0 spiro atoms. The van der Waals surface area contributed by atoms with Crippen LogP contribution in [0.1, 0.15) is 13.3 Å². The third-order valence-corrected chi connectivity index (χ3v) is 0.333. The summed E-state index contributed by atoms with van der Waals surface area (Å²) in [4.78, 5) is 0. The van der Waals surface area contributed by atoms with E-state index in [-0.39, 0.29) is 23.5 Å². The molecule has 1 radical (unpaired) electrons. The number of hydrogen-bond acceptors (Lipinski definition) is 2. The van der Waals surface area contributed by atoms with Crippen molar-refractivity contribution < 1.29 is 27.3 Å². The topological polar surface area (TPSA) is 46.1 Å². The Balaban J connectivity index is 0. The summed E-state index contributed by atoms with van der Waals surface area (Å²) in [7, 11) is 0. The minimum Gasteiger partial charge on any atom is -0.865 e. The summed E-state index contributed by atoms with van der Waals surface area (Å²) >= 11 is 0. The Morgan fingerprint density at radius 3 is 1.67 bits per heavy atom. The predicted molar refractivity (Wildman–Crippen MR) is 14.1 cm³/mol. The largest absolute Gasteiger partial charge is 2.00 e. The van der Waals surface area contributed by atoms with Gasteiger partial charge in [-0.3, -0.25) is 0 Å². The Hall–Kier alpha value is 0.439. The molecule has 0 rings (SSSR count). The Labute approximate surface area is 47.7 Å². The van der Waals surface area contributed by atoms with Gasteiger partial charge >= 0.3 is 17.1 Å². The molecule has 0 aliphatic rings. The summed E-state index contributed by atoms with van der Waals surface area (Å²) in [6.07, 6.45) is -1.42. The number of hydrogen-bond donors (Lipinski definition) is 0. The first-order valence-corrected chi connectivity index (χ1v) is 1.59. The molecule has 0 aromatic carbocycles. The maximum Gasteiger partial charge on any atom is 2.00 e. The predicted octanol–water partition coefficient (Wildman–Crippen LogP) is -1.56. The molecule has 0 aromatic rings. The molecule has 3 heteroatoms. The van der Waals surface area contributed by atoms with Crippen molar-refractivity contribution in [3.63, 3.8) is 0 Å². The molecule has 0 unspecified atom stereocenters. The zero-order valence-electron chi connectivity index (χ0n) is 3.40. The van der Waals surface area contributed by atoms with Crippen molar-refractivity contribution in [3.8, 4) is 0 Å². The van der Waals surface area contributed by atoms with Gasteiger partial charge in [0.15, 0.2) is 0 Å². The van der Waals surface area contributed by atoms with Crippen LogP contribution in [0, 0.1) is 0 Å². The van der Waals surface area contributed by atoms with Crippen LogP contribution in [0.5, 0.6) is 0 Å². The molecule has 0 amide bonds. The summed E-state index contributed by atoms with van der Waals surface area (Å²) in [5.74, 6) is 0. The molecule has 0 aromatic heterocycles. The summed E-state index contributed by atoms with van der Waals surface area (Å²) in [5.41, 5.74) is 0. The number of rotatable bonds is 1. The Bertz CT molecular complexity index is 22.8. The fourth-order valence-corrected chi connectivity index (χ4v) is 0. The normalized spacial score (nSPS) is 8.00. The van der Waals surface area contributed by atoms with E-state index in [0.717, 1.165) is 0 Å². The van der Waals surface area contributed by atoms with Crippen molar-refractivity contribution in [3.05, 3.63) is 0 Å². The van der Waals surface area contributed by atoms with E-state index < -0.39 is 6.29 Å². The SMILES string of the molecule is CCC([O-])[O-].[Cu+2]. The van der Waals surface area contributed by atoms with Crippen molar-refractivity contribution in [2.24, 2.45) is 0 Å². The molecule has 0 bridgehead atoms. The second-order valence-corrected chi connectivity index (χ2v) is 0.838. The molecule has 0 aliphatic heterocycles. The summed E-state index contributed by atoms with van der Waals surface area (Å²) < 4.78 is 0. The van der Waals surface area contributed by atoms with E-state index in [0.29, 0.717) is 0 Å². The van der Waals surface area contributed by atoms with Crippen LogP contribution in [0.3, 0.4) is 0 Å². The van der Waals surface area contributed by atoms with Gasteiger partial charge in [-0.05, 0) is 0 Å². The second-order valence-electron chi connectivity index (χ2n) is 0.838. The van der Waals surface area contributed by atoms with Gasteiger partial charge in [0.05, 0.1) is 0 Å². The quantitative estimate of drug-likeness (QED) is 0.324. The van der Waals surface area contributed by atoms with Gasteiger partial charge in [-0.1, -0.05) is 13.3 Å². The van der Waals surface area contributed by atoms with Crippen LogP contribution < -0.4 is 10.2 Å². The Morgan fingerprint density at radius 1 is 1.50 bits per heavy atom. The van der Waals surface area contributed by atoms with Crippen LogP contribution in [0.25, 0.3) is 0 Å². The molecular formula is C3H6CuO2. The van der Waals surface area contributed by atoms with Gasteiger partial charge in [-0.2, -0.15) is 0 Å². The molecule has 0 saturated heterocycles. The van der Waals surface area contributed by atoms with Crippen molar-refractivity contribution in [1.82, 2.24) is 0 Å². The maximum atomic E-state index is 9.34. The van der Waals surface area contributed by atoms with Crippen LogP contribution >= 0.6 is 0 Å². The molecule has 6 heavy (non-hydrogen) atoms. The molecular weight excluding hydrogens is 132 g/mol. The first-order chi connectivity index (χ1) is 2.27. The maximum absolute atomic E-state index is 9.34. The van der Waals surface area contributed by atoms with Gasteiger partial charge in [0.25, 0.3) is 0 Å². The van der Waals surface area contributed by atoms with Crippen molar-refractivity contribution in [2.45, 2.75) is 19.6 Å². The van der Waals surface area contributed by atoms with Crippen LogP contribution in [-0.4, -0.2) is 6.29 Å². The van der Waals surface area contributed by atoms with Gasteiger partial charge in [-0.25, -0.2) is 6.29 Å². The van der Waals surface area contributed by atoms with Crippen LogP contribution in [-0.2, 0) is 17.1 Å². The Kier molecular flexibility index (Phi) is 8.76. The van der Waals surface area contributed by atoms with Crippen LogP contribution in [0.4, 0.5) is 0 Å². The van der Waals surface area contributed by atoms with Gasteiger partial charge in [0, 0.05) is 0 Å². The van der Waals surface area contributed by atoms with Crippen molar-refractivity contribution in [1.29, 1.82) is 0 Å². The fraction of sp³-hybridized carbons (Fsp3) is 1.00. The summed E-state index contributed by atoms with van der Waals surface area (Å²) in [5, 5.41) is 18.7. The van der Waals surface area contributed by atoms with Crippen LogP contribution in [0.15, 0.2) is 0 Å². The molecule has 0 aliphatic carbocycles. The van der Waals surface area contributed by atoms with E-state index in [4.69, 9.17) is 0 Å². The minimum atomic E-state index is -1.62. The van der Waals surface area contributed by atoms with Gasteiger partial charge < -0.3 is 10.2 Å². The zero-order chi connectivity index (χ0) is 4.28. The average Bonchev–Trinajstić information content (AvgIpc) is 1.38. The first-order valence-electron chi connectivity index (χ1n) is 1.59. The van der Waals surface area contributed by atoms with E-state index in [9.17, 15) is 10.2 Å². The minimum absolute atomic E-state index is 0. The van der Waals surface area contributed by atoms with E-state index in [1.165, 1.54) is 0 Å². The standard InChI is InChI=1S/C3H6O2.Cu/c1-2-3(4)5;/h3H,2H2,1H3;/q-2;+2. The molecule has 2 nitrogen and oxygen atoms in total. The average molecular weight is 138 g/mol. The fourth-order valence-electron chi connectivity index (χ4n) is 0. The molecule has 0 saturated carbocycles. The smallest absolute Gasteiger partial charge is 0.865 e. The van der Waals surface area contributed by atoms with Crippen LogP contribution in [0.2, 0.25) is 0 Å². The van der Waals surface area contributed by atoms with Gasteiger partial charge in [-0.15, -0.1) is 0 Å². The van der Waals surface area contributed by atoms with E-state index in [1.807, 2.05) is 0 Å². The van der Waals surface area contributed by atoms with Gasteiger partial charge in [0.1, 0.15) is 0 Å². The van der Waals surface area contributed by atoms with E-state index in [2.05, 4.69) is 0 Å². The third-order valence-electron chi connectivity index (χ3n) is 0.333. The van der Waals surface area contributed by atoms with Crippen molar-refractivity contribution >= 4 is 0 Å². The molecule has 0 N–H and O–H groups in total. The van der Waals surface area contributed by atoms with E-state index >= 15 is 0 Å². The molecule has 0 atom stereocenters. The second kappa shape index (κ2) is 5.44. The zero-order valence-corrected chi connectivity index (χ0v) is 4.34. The molecule has 0 fully saturated rings. The monoisotopic (exact) mass is 137 g/mol. The third kappa shape index (κ3) is 8.83. The van der Waals surface area contributed by atoms with Crippen molar-refractivity contribution in [2.75, 3.05) is 0 Å². The van der Waals surface area contributed by atoms with E-state index in [1.54, 1.807) is 6.92 Å².